The van der Waals surface area contributed by atoms with Crippen LogP contribution < -0.4 is 14.2 Å². The molecule has 0 radical (unpaired) electrons. The van der Waals surface area contributed by atoms with Crippen molar-refractivity contribution < 1.29 is 28.5 Å². The summed E-state index contributed by atoms with van der Waals surface area (Å²) < 4.78 is 21.1. The van der Waals surface area contributed by atoms with E-state index in [1.807, 2.05) is 37.8 Å². The fraction of sp³-hybridized carbons (Fsp3) is 0.636. The van der Waals surface area contributed by atoms with Gasteiger partial charge in [-0.15, -0.1) is 11.8 Å². The highest BCUT2D eigenvalue weighted by atomic mass is 32.2. The van der Waals surface area contributed by atoms with Crippen LogP contribution in [-0.2, 0) is 14.3 Å². The molecular weight excluding hydrogens is 406 g/mol. The summed E-state index contributed by atoms with van der Waals surface area (Å²) in [7, 11) is 4.79. The zero-order valence-electron chi connectivity index (χ0n) is 18.8. The third-order valence-corrected chi connectivity index (χ3v) is 6.40. The number of thioether (sulfide) groups is 1. The van der Waals surface area contributed by atoms with E-state index in [-0.39, 0.29) is 22.5 Å². The summed E-state index contributed by atoms with van der Waals surface area (Å²) in [6.45, 7) is 7.43. The summed E-state index contributed by atoms with van der Waals surface area (Å²) in [6.07, 6.45) is 1.66. The van der Waals surface area contributed by atoms with Crippen LogP contribution in [0.25, 0.3) is 0 Å². The Bertz CT molecular complexity index is 718. The molecular formula is C22H33NO6S. The molecule has 2 rings (SSSR count). The van der Waals surface area contributed by atoms with E-state index in [4.69, 9.17) is 18.9 Å². The van der Waals surface area contributed by atoms with Gasteiger partial charge in [0.05, 0.1) is 38.7 Å². The number of piperidine rings is 1. The topological polar surface area (TPSA) is 74.3 Å². The van der Waals surface area contributed by atoms with Gasteiger partial charge in [0, 0.05) is 36.4 Å². The van der Waals surface area contributed by atoms with E-state index >= 15 is 0 Å². The molecule has 0 bridgehead atoms. The van der Waals surface area contributed by atoms with Gasteiger partial charge >= 0.3 is 5.97 Å². The van der Waals surface area contributed by atoms with Crippen LogP contribution in [0.2, 0.25) is 0 Å². The van der Waals surface area contributed by atoms with Crippen molar-refractivity contribution in [1.82, 2.24) is 4.90 Å². The Kier molecular flexibility index (Phi) is 8.70. The summed E-state index contributed by atoms with van der Waals surface area (Å²) in [4.78, 5) is 27.5. The molecule has 0 aliphatic carbocycles. The molecule has 0 unspecified atom stereocenters. The first kappa shape index (κ1) is 24.2. The number of hydrogen-bond donors (Lipinski definition) is 0. The minimum atomic E-state index is -0.385. The van der Waals surface area contributed by atoms with E-state index in [0.717, 1.165) is 4.90 Å². The molecule has 0 spiro atoms. The van der Waals surface area contributed by atoms with Crippen molar-refractivity contribution in [3.05, 3.63) is 12.1 Å². The molecule has 7 nitrogen and oxygen atoms in total. The summed E-state index contributed by atoms with van der Waals surface area (Å²) in [5.74, 6) is 1.76. The fourth-order valence-corrected chi connectivity index (χ4v) is 4.72. The van der Waals surface area contributed by atoms with Gasteiger partial charge in [0.15, 0.2) is 0 Å². The largest absolute Gasteiger partial charge is 0.496 e. The highest BCUT2D eigenvalue weighted by Gasteiger charge is 2.32. The minimum Gasteiger partial charge on any atom is -0.496 e. The molecule has 1 amide bonds. The lowest BCUT2D eigenvalue weighted by atomic mass is 9.96. The number of benzene rings is 1. The lowest BCUT2D eigenvalue weighted by Crippen LogP contribution is -2.42. The molecule has 1 aliphatic rings. The van der Waals surface area contributed by atoms with Crippen LogP contribution in [0.4, 0.5) is 0 Å². The van der Waals surface area contributed by atoms with Gasteiger partial charge in [-0.1, -0.05) is 0 Å². The van der Waals surface area contributed by atoms with Gasteiger partial charge in [-0.25, -0.2) is 0 Å². The first-order valence-corrected chi connectivity index (χ1v) is 11.0. The quantitative estimate of drug-likeness (QED) is 0.428. The molecule has 1 heterocycles. The maximum Gasteiger partial charge on any atom is 0.309 e. The van der Waals surface area contributed by atoms with Gasteiger partial charge < -0.3 is 23.8 Å². The van der Waals surface area contributed by atoms with E-state index in [1.165, 1.54) is 0 Å². The molecule has 1 saturated heterocycles. The van der Waals surface area contributed by atoms with Gasteiger partial charge in [-0.2, -0.15) is 0 Å². The Labute approximate surface area is 183 Å². The van der Waals surface area contributed by atoms with Crippen LogP contribution in [0, 0.1) is 5.92 Å². The van der Waals surface area contributed by atoms with Gasteiger partial charge in [0.25, 0.3) is 0 Å². The zero-order chi connectivity index (χ0) is 22.3. The molecule has 0 atom stereocenters. The third-order valence-electron chi connectivity index (χ3n) is 5.09. The van der Waals surface area contributed by atoms with Crippen LogP contribution in [0.3, 0.4) is 0 Å². The molecule has 0 N–H and O–H groups in total. The molecule has 30 heavy (non-hydrogen) atoms. The molecule has 1 fully saturated rings. The van der Waals surface area contributed by atoms with E-state index in [9.17, 15) is 9.59 Å². The van der Waals surface area contributed by atoms with E-state index in [1.54, 1.807) is 33.1 Å². The lowest BCUT2D eigenvalue weighted by molar-refractivity contribution is -0.151. The Morgan fingerprint density at radius 1 is 1.07 bits per heavy atom. The van der Waals surface area contributed by atoms with Crippen LogP contribution in [0.15, 0.2) is 17.0 Å². The number of ether oxygens (including phenoxy) is 4. The molecule has 0 aromatic heterocycles. The van der Waals surface area contributed by atoms with Gasteiger partial charge in [0.2, 0.25) is 5.91 Å². The van der Waals surface area contributed by atoms with Crippen molar-refractivity contribution in [3.63, 3.8) is 0 Å². The average molecular weight is 440 g/mol. The van der Waals surface area contributed by atoms with Crippen molar-refractivity contribution in [1.29, 1.82) is 0 Å². The number of carbonyl (C=O) groups is 2. The normalized spacial score (nSPS) is 14.9. The number of hydrogen-bond acceptors (Lipinski definition) is 7. The van der Waals surface area contributed by atoms with Gasteiger partial charge in [-0.05, 0) is 33.6 Å². The standard InChI is InChI=1S/C22H33NO6S/c1-7-29-21(25)15-8-10-23(11-9-15)19(24)14-22(2,3)30-20-17(27-5)12-16(26-4)13-18(20)28-6/h12-13,15H,7-11,14H2,1-6H3. The lowest BCUT2D eigenvalue weighted by Gasteiger charge is -2.33. The number of amides is 1. The predicted molar refractivity (Wildman–Crippen MR) is 117 cm³/mol. The van der Waals surface area contributed by atoms with Gasteiger partial charge in [-0.3, -0.25) is 9.59 Å². The third kappa shape index (κ3) is 6.20. The summed E-state index contributed by atoms with van der Waals surface area (Å²) >= 11 is 1.54. The second-order valence-corrected chi connectivity index (χ2v) is 9.52. The minimum absolute atomic E-state index is 0.0845. The highest BCUT2D eigenvalue weighted by molar-refractivity contribution is 8.00. The smallest absolute Gasteiger partial charge is 0.309 e. The first-order valence-electron chi connectivity index (χ1n) is 10.2. The Balaban J connectivity index is 2.04. The molecule has 1 aliphatic heterocycles. The summed E-state index contributed by atoms with van der Waals surface area (Å²) in [5.41, 5.74) is 0. The molecule has 168 valence electrons. The number of esters is 1. The second kappa shape index (κ2) is 10.8. The Morgan fingerprint density at radius 3 is 2.10 bits per heavy atom. The molecule has 1 aromatic carbocycles. The number of methoxy groups -OCH3 is 3. The predicted octanol–water partition coefficient (Wildman–Crippen LogP) is 3.77. The van der Waals surface area contributed by atoms with Crippen LogP contribution >= 0.6 is 11.8 Å². The van der Waals surface area contributed by atoms with E-state index in [0.29, 0.717) is 56.2 Å². The maximum atomic E-state index is 12.9. The first-order chi connectivity index (χ1) is 14.2. The molecule has 1 aromatic rings. The second-order valence-electron chi connectivity index (χ2n) is 7.81. The number of likely N-dealkylation sites (tertiary alicyclic amines) is 1. The summed E-state index contributed by atoms with van der Waals surface area (Å²) in [5, 5.41) is 0. The number of carbonyl (C=O) groups excluding carboxylic acids is 2. The number of nitrogens with zero attached hydrogens (tertiary/aromatic N) is 1. The molecule has 8 heteroatoms. The SMILES string of the molecule is CCOC(=O)C1CCN(C(=O)CC(C)(C)Sc2c(OC)cc(OC)cc2OC)CC1. The van der Waals surface area contributed by atoms with Crippen molar-refractivity contribution >= 4 is 23.6 Å². The van der Waals surface area contributed by atoms with Crippen molar-refractivity contribution in [2.75, 3.05) is 41.0 Å². The zero-order valence-corrected chi connectivity index (χ0v) is 19.6. The number of rotatable bonds is 9. The van der Waals surface area contributed by atoms with Crippen LogP contribution in [0.1, 0.15) is 40.0 Å². The van der Waals surface area contributed by atoms with Crippen molar-refractivity contribution in [2.45, 2.75) is 49.7 Å². The van der Waals surface area contributed by atoms with Crippen molar-refractivity contribution in [3.8, 4) is 17.2 Å². The van der Waals surface area contributed by atoms with Crippen LogP contribution in [0.5, 0.6) is 17.2 Å². The molecule has 0 saturated carbocycles. The fourth-order valence-electron chi connectivity index (χ4n) is 3.49. The van der Waals surface area contributed by atoms with Crippen molar-refractivity contribution in [2.24, 2.45) is 5.92 Å². The maximum absolute atomic E-state index is 12.9. The highest BCUT2D eigenvalue weighted by Crippen LogP contribution is 2.47. The summed E-state index contributed by atoms with van der Waals surface area (Å²) in [6, 6.07) is 3.62. The van der Waals surface area contributed by atoms with Crippen LogP contribution in [-0.4, -0.2) is 62.5 Å². The monoisotopic (exact) mass is 439 g/mol. The average Bonchev–Trinajstić information content (AvgIpc) is 2.73. The van der Waals surface area contributed by atoms with Gasteiger partial charge in [0.1, 0.15) is 17.2 Å². The Morgan fingerprint density at radius 2 is 1.63 bits per heavy atom. The Hall–Kier alpha value is -2.09. The van der Waals surface area contributed by atoms with E-state index < -0.39 is 0 Å². The van der Waals surface area contributed by atoms with E-state index in [2.05, 4.69) is 0 Å².